The molecule has 2 N–H and O–H groups in total. The van der Waals surface area contributed by atoms with Crippen molar-refractivity contribution >= 4 is 45.4 Å². The predicted octanol–water partition coefficient (Wildman–Crippen LogP) is -3.15. The molecule has 4 nitrogen and oxygen atoms in total. The van der Waals surface area contributed by atoms with Crippen molar-refractivity contribution in [3.8, 4) is 0 Å². The van der Waals surface area contributed by atoms with E-state index < -0.39 is 7.69 Å². The van der Waals surface area contributed by atoms with E-state index in [0.717, 1.165) is 0 Å². The van der Waals surface area contributed by atoms with Gasteiger partial charge in [0.15, 0.2) is 0 Å². The quantitative estimate of drug-likeness (QED) is 0.395. The second kappa shape index (κ2) is 16.8. The Labute approximate surface area is 95.9 Å². The molecule has 56 valence electrons. The van der Waals surface area contributed by atoms with Crippen LogP contribution in [-0.4, -0.2) is 55.9 Å². The largest absolute Gasteiger partial charge is 2.00 e. The van der Waals surface area contributed by atoms with E-state index in [1.165, 1.54) is 0 Å². The summed E-state index contributed by atoms with van der Waals surface area (Å²) in [5.41, 5.74) is 0. The van der Waals surface area contributed by atoms with Crippen LogP contribution in [0.4, 0.5) is 0 Å². The summed E-state index contributed by atoms with van der Waals surface area (Å²) < 4.78 is 0. The minimum absolute atomic E-state index is 0. The van der Waals surface area contributed by atoms with Crippen LogP contribution in [0.5, 0.6) is 0 Å². The topological polar surface area (TPSA) is 90.5 Å². The Hall–Kier alpha value is 0.355. The fourth-order valence-corrected chi connectivity index (χ4v) is 0.313. The molecule has 0 aliphatic heterocycles. The number of nitrogens with zero attached hydrogens (tertiary/aromatic N) is 1. The van der Waals surface area contributed by atoms with E-state index in [-0.39, 0.29) is 43.2 Å². The van der Waals surface area contributed by atoms with Crippen molar-refractivity contribution in [3.63, 3.8) is 0 Å². The fraction of sp³-hybridized carbons (Fsp3) is 0. The van der Waals surface area contributed by atoms with E-state index in [2.05, 4.69) is 4.98 Å². The van der Waals surface area contributed by atoms with Crippen molar-refractivity contribution in [2.75, 3.05) is 0 Å². The second-order valence-corrected chi connectivity index (χ2v) is 1.14. The monoisotopic (exact) mass is 181 g/mol. The van der Waals surface area contributed by atoms with E-state index in [0.29, 0.717) is 0 Å². The van der Waals surface area contributed by atoms with Gasteiger partial charge in [0.2, 0.25) is 0 Å². The molecule has 0 aliphatic carbocycles. The molecule has 0 fully saturated rings. The normalized spacial score (nSPS) is 5.64. The molecule has 0 aliphatic rings. The predicted molar refractivity (Wildman–Crippen MR) is 40.8 cm³/mol. The second-order valence-electron chi connectivity index (χ2n) is 1.14. The first kappa shape index (κ1) is 17.4. The molecule has 1 aromatic rings. The first-order chi connectivity index (χ1) is 4.41. The van der Waals surface area contributed by atoms with Crippen molar-refractivity contribution < 1.29 is 15.5 Å². The summed E-state index contributed by atoms with van der Waals surface area (Å²) in [5.74, 6) is 0. The summed E-state index contributed by atoms with van der Waals surface area (Å²) in [7, 11) is -1.25. The minimum atomic E-state index is -1.25. The van der Waals surface area contributed by atoms with Crippen LogP contribution in [0, 0.1) is 0 Å². The van der Waals surface area contributed by atoms with Crippen LogP contribution in [0.25, 0.3) is 0 Å². The van der Waals surface area contributed by atoms with Crippen LogP contribution >= 0.6 is 0 Å². The average Bonchev–Trinajstić information content (AvgIpc) is 1.93. The van der Waals surface area contributed by atoms with Gasteiger partial charge in [-0.05, 0) is 12.1 Å². The van der Waals surface area contributed by atoms with E-state index in [4.69, 9.17) is 10.0 Å². The molecule has 0 saturated heterocycles. The Bertz CT molecular complexity index is 105. The van der Waals surface area contributed by atoms with Crippen molar-refractivity contribution in [3.05, 3.63) is 30.6 Å². The van der Waals surface area contributed by atoms with E-state index >= 15 is 0 Å². The molecule has 0 bridgehead atoms. The van der Waals surface area contributed by atoms with Gasteiger partial charge in [-0.2, -0.15) is 0 Å². The fourth-order valence-electron chi connectivity index (χ4n) is 0.313. The summed E-state index contributed by atoms with van der Waals surface area (Å²) in [6.07, 6.45) is 3.50. The van der Waals surface area contributed by atoms with Crippen LogP contribution < -0.4 is 10.0 Å². The molecule has 0 saturated carbocycles. The van der Waals surface area contributed by atoms with Gasteiger partial charge < -0.3 is 15.5 Å². The van der Waals surface area contributed by atoms with Crippen LogP contribution in [0.15, 0.2) is 30.6 Å². The van der Waals surface area contributed by atoms with Gasteiger partial charge in [0, 0.05) is 12.4 Å². The third kappa shape index (κ3) is 17.9. The summed E-state index contributed by atoms with van der Waals surface area (Å²) >= 11 is 0. The zero-order chi connectivity index (χ0) is 6.95. The molecular weight excluding hydrogens is 173 g/mol. The smallest absolute Gasteiger partial charge is 0.896 e. The molecule has 1 heterocycles. The molecule has 0 spiro atoms. The summed E-state index contributed by atoms with van der Waals surface area (Å²) in [6, 6.07) is 5.72. The first-order valence-electron chi connectivity index (χ1n) is 2.43. The Morgan fingerprint density at radius 3 is 1.45 bits per heavy atom. The molecule has 0 aromatic carbocycles. The Kier molecular flexibility index (Phi) is 26.6. The van der Waals surface area contributed by atoms with Gasteiger partial charge in [0.05, 0.1) is 0 Å². The number of hydrogen-bond acceptors (Lipinski definition) is 3. The van der Waals surface area contributed by atoms with Crippen LogP contribution in [0.1, 0.15) is 0 Å². The Morgan fingerprint density at radius 1 is 1.00 bits per heavy atom. The Balaban J connectivity index is -0.000000116. The van der Waals surface area contributed by atoms with Gasteiger partial charge in [-0.25, -0.2) is 0 Å². The summed E-state index contributed by atoms with van der Waals surface area (Å²) in [4.78, 5) is 3.78. The summed E-state index contributed by atoms with van der Waals surface area (Å²) in [5, 5.41) is 16.8. The van der Waals surface area contributed by atoms with E-state index in [9.17, 15) is 0 Å². The van der Waals surface area contributed by atoms with E-state index in [1.54, 1.807) is 12.4 Å². The maximum Gasteiger partial charge on any atom is 2.00 e. The zero-order valence-electron chi connectivity index (χ0n) is 6.06. The minimum Gasteiger partial charge on any atom is -0.896 e. The van der Waals surface area contributed by atoms with Gasteiger partial charge in [-0.15, -0.1) is 7.69 Å². The van der Waals surface area contributed by atoms with Gasteiger partial charge in [0.25, 0.3) is 0 Å². The maximum atomic E-state index is 8.38. The van der Waals surface area contributed by atoms with Gasteiger partial charge in [-0.1, -0.05) is 6.07 Å². The van der Waals surface area contributed by atoms with E-state index in [1.807, 2.05) is 18.2 Å². The first-order valence-corrected chi connectivity index (χ1v) is 2.43. The third-order valence-corrected chi connectivity index (χ3v) is 0.566. The number of aromatic nitrogens is 1. The Morgan fingerprint density at radius 2 is 1.36 bits per heavy atom. The van der Waals surface area contributed by atoms with Crippen LogP contribution in [0.2, 0.25) is 0 Å². The third-order valence-electron chi connectivity index (χ3n) is 0.566. The van der Waals surface area contributed by atoms with Gasteiger partial charge >= 0.3 is 37.7 Å². The molecule has 0 atom stereocenters. The van der Waals surface area contributed by atoms with Crippen molar-refractivity contribution in [2.45, 2.75) is 0 Å². The SMILES string of the molecule is O.[Ca+2].[O-]B[O-].c1ccncc1. The van der Waals surface area contributed by atoms with Crippen molar-refractivity contribution in [1.82, 2.24) is 4.98 Å². The molecular formula is C5H8BCaNO3. The van der Waals surface area contributed by atoms with Crippen molar-refractivity contribution in [2.24, 2.45) is 0 Å². The standard InChI is InChI=1S/C5H5N.BHO2.Ca.H2O/c1-2-4-6-5-3-1;2-1-3;;/h1-5H;1H;;1H2/q;-2;+2;. The maximum absolute atomic E-state index is 8.38. The van der Waals surface area contributed by atoms with Crippen molar-refractivity contribution in [1.29, 1.82) is 0 Å². The molecule has 1 rings (SSSR count). The average molecular weight is 181 g/mol. The number of pyridine rings is 1. The zero-order valence-corrected chi connectivity index (χ0v) is 8.27. The summed E-state index contributed by atoms with van der Waals surface area (Å²) in [6.45, 7) is 0. The number of rotatable bonds is 0. The number of hydrogen-bond donors (Lipinski definition) is 0. The molecule has 0 amide bonds. The molecule has 0 radical (unpaired) electrons. The van der Waals surface area contributed by atoms with Crippen LogP contribution in [-0.2, 0) is 0 Å². The van der Waals surface area contributed by atoms with Gasteiger partial charge in [0.1, 0.15) is 0 Å². The molecule has 0 unspecified atom stereocenters. The molecule has 11 heavy (non-hydrogen) atoms. The molecule has 6 heteroatoms. The van der Waals surface area contributed by atoms with Crippen LogP contribution in [0.3, 0.4) is 0 Å². The van der Waals surface area contributed by atoms with Gasteiger partial charge in [-0.3, -0.25) is 4.98 Å². The molecule has 1 aromatic heterocycles.